The summed E-state index contributed by atoms with van der Waals surface area (Å²) < 4.78 is 0. The quantitative estimate of drug-likeness (QED) is 0.584. The second kappa shape index (κ2) is 5.33. The Bertz CT molecular complexity index is 96.9. The molecule has 0 spiro atoms. The maximum Gasteiger partial charge on any atom is 0.0851 e. The van der Waals surface area contributed by atoms with E-state index < -0.39 is 0 Å². The van der Waals surface area contributed by atoms with Crippen LogP contribution >= 0.6 is 0 Å². The van der Waals surface area contributed by atoms with Crippen molar-refractivity contribution >= 4 is 0 Å². The summed E-state index contributed by atoms with van der Waals surface area (Å²) >= 11 is 0. The van der Waals surface area contributed by atoms with E-state index in [4.69, 9.17) is 5.11 Å². The fourth-order valence-electron chi connectivity index (χ4n) is 1.05. The van der Waals surface area contributed by atoms with Crippen LogP contribution < -0.4 is 0 Å². The highest BCUT2D eigenvalue weighted by Gasteiger charge is 2.00. The van der Waals surface area contributed by atoms with Crippen LogP contribution in [0.2, 0.25) is 0 Å². The van der Waals surface area contributed by atoms with Gasteiger partial charge in [-0.2, -0.15) is 0 Å². The van der Waals surface area contributed by atoms with Crippen molar-refractivity contribution in [2.45, 2.75) is 39.5 Å². The van der Waals surface area contributed by atoms with E-state index in [-0.39, 0.29) is 0 Å². The average molecular weight is 142 g/mol. The monoisotopic (exact) mass is 142 g/mol. The number of aliphatic hydroxyl groups is 1. The molecule has 1 N–H and O–H groups in total. The van der Waals surface area contributed by atoms with E-state index in [1.54, 1.807) is 0 Å². The summed E-state index contributed by atoms with van der Waals surface area (Å²) in [5, 5.41) is 8.78. The van der Waals surface area contributed by atoms with E-state index in [1.807, 2.05) is 0 Å². The van der Waals surface area contributed by atoms with Gasteiger partial charge in [0.25, 0.3) is 0 Å². The Balaban J connectivity index is 3.21. The zero-order chi connectivity index (χ0) is 7.98. The Morgan fingerprint density at radius 1 is 1.50 bits per heavy atom. The average Bonchev–Trinajstić information content (AvgIpc) is 1.85. The van der Waals surface area contributed by atoms with Crippen LogP contribution in [0.5, 0.6) is 0 Å². The second-order valence-electron chi connectivity index (χ2n) is 3.00. The zero-order valence-corrected chi connectivity index (χ0v) is 7.06. The first-order chi connectivity index (χ1) is 4.66. The molecule has 0 unspecified atom stereocenters. The lowest BCUT2D eigenvalue weighted by Gasteiger charge is -2.07. The van der Waals surface area contributed by atoms with Gasteiger partial charge in [-0.05, 0) is 12.3 Å². The van der Waals surface area contributed by atoms with Crippen molar-refractivity contribution in [1.82, 2.24) is 0 Å². The van der Waals surface area contributed by atoms with E-state index in [2.05, 4.69) is 20.4 Å². The standard InChI is InChI=1S/C9H18O/c1-4-5-8(2)6-7-9(3)10/h8,10H,3-7H2,1-2H3/t8-/m1/s1. The Hall–Kier alpha value is -0.460. The zero-order valence-electron chi connectivity index (χ0n) is 7.06. The minimum atomic E-state index is 0.322. The molecule has 0 saturated carbocycles. The van der Waals surface area contributed by atoms with Gasteiger partial charge in [0, 0.05) is 6.42 Å². The molecule has 0 aliphatic rings. The maximum atomic E-state index is 8.78. The molecule has 0 fully saturated rings. The van der Waals surface area contributed by atoms with Crippen LogP contribution in [0.4, 0.5) is 0 Å². The van der Waals surface area contributed by atoms with Gasteiger partial charge in [-0.1, -0.05) is 33.3 Å². The maximum absolute atomic E-state index is 8.78. The van der Waals surface area contributed by atoms with E-state index in [0.29, 0.717) is 5.76 Å². The molecule has 0 aliphatic carbocycles. The van der Waals surface area contributed by atoms with Crippen molar-refractivity contribution in [2.24, 2.45) is 5.92 Å². The molecule has 0 aromatic rings. The highest BCUT2D eigenvalue weighted by Crippen LogP contribution is 2.13. The van der Waals surface area contributed by atoms with Crippen LogP contribution in [0, 0.1) is 5.92 Å². The van der Waals surface area contributed by atoms with Gasteiger partial charge in [-0.3, -0.25) is 0 Å². The van der Waals surface area contributed by atoms with Crippen molar-refractivity contribution < 1.29 is 5.11 Å². The van der Waals surface area contributed by atoms with Crippen molar-refractivity contribution in [2.75, 3.05) is 0 Å². The van der Waals surface area contributed by atoms with E-state index in [0.717, 1.165) is 18.8 Å². The molecule has 1 atom stereocenters. The summed E-state index contributed by atoms with van der Waals surface area (Å²) in [6.07, 6.45) is 4.33. The summed E-state index contributed by atoms with van der Waals surface area (Å²) in [6.45, 7) is 7.84. The largest absolute Gasteiger partial charge is 0.513 e. The lowest BCUT2D eigenvalue weighted by Crippen LogP contribution is -1.94. The minimum absolute atomic E-state index is 0.322. The highest BCUT2D eigenvalue weighted by molar-refractivity contribution is 4.78. The van der Waals surface area contributed by atoms with E-state index in [9.17, 15) is 0 Å². The number of hydrogen-bond acceptors (Lipinski definition) is 1. The molecule has 1 nitrogen and oxygen atoms in total. The van der Waals surface area contributed by atoms with Crippen molar-refractivity contribution in [3.05, 3.63) is 12.3 Å². The molecule has 1 heteroatoms. The lowest BCUT2D eigenvalue weighted by atomic mass is 10.0. The summed E-state index contributed by atoms with van der Waals surface area (Å²) in [7, 11) is 0. The molecule has 0 aromatic carbocycles. The highest BCUT2D eigenvalue weighted by atomic mass is 16.3. The molecular formula is C9H18O. The molecular weight excluding hydrogens is 124 g/mol. The molecule has 0 aliphatic heterocycles. The van der Waals surface area contributed by atoms with Crippen LogP contribution in [-0.2, 0) is 0 Å². The molecule has 0 aromatic heterocycles. The van der Waals surface area contributed by atoms with E-state index in [1.165, 1.54) is 12.8 Å². The summed E-state index contributed by atoms with van der Waals surface area (Å²) in [4.78, 5) is 0. The molecule has 0 amide bonds. The lowest BCUT2D eigenvalue weighted by molar-refractivity contribution is 0.364. The third-order valence-corrected chi connectivity index (χ3v) is 1.71. The van der Waals surface area contributed by atoms with Crippen LogP contribution in [0.1, 0.15) is 39.5 Å². The second-order valence-corrected chi connectivity index (χ2v) is 3.00. The topological polar surface area (TPSA) is 20.2 Å². The van der Waals surface area contributed by atoms with Gasteiger partial charge in [-0.25, -0.2) is 0 Å². The third-order valence-electron chi connectivity index (χ3n) is 1.71. The Morgan fingerprint density at radius 3 is 2.50 bits per heavy atom. The van der Waals surface area contributed by atoms with Gasteiger partial charge in [0.15, 0.2) is 0 Å². The van der Waals surface area contributed by atoms with Gasteiger partial charge in [0.2, 0.25) is 0 Å². The molecule has 0 saturated heterocycles. The Kier molecular flexibility index (Phi) is 5.09. The molecule has 0 rings (SSSR count). The fraction of sp³-hybridized carbons (Fsp3) is 0.778. The predicted octanol–water partition coefficient (Wildman–Crippen LogP) is 3.27. The summed E-state index contributed by atoms with van der Waals surface area (Å²) in [5.74, 6) is 1.05. The number of hydrogen-bond donors (Lipinski definition) is 1. The van der Waals surface area contributed by atoms with Gasteiger partial charge < -0.3 is 5.11 Å². The molecule has 0 radical (unpaired) electrons. The normalized spacial score (nSPS) is 13.0. The van der Waals surface area contributed by atoms with E-state index >= 15 is 0 Å². The number of allylic oxidation sites excluding steroid dienone is 1. The first kappa shape index (κ1) is 9.54. The van der Waals surface area contributed by atoms with Gasteiger partial charge in [-0.15, -0.1) is 0 Å². The van der Waals surface area contributed by atoms with Gasteiger partial charge in [0.05, 0.1) is 5.76 Å². The minimum Gasteiger partial charge on any atom is -0.513 e. The van der Waals surface area contributed by atoms with Gasteiger partial charge >= 0.3 is 0 Å². The molecule has 10 heavy (non-hydrogen) atoms. The third kappa shape index (κ3) is 5.67. The van der Waals surface area contributed by atoms with Crippen LogP contribution in [-0.4, -0.2) is 5.11 Å². The summed E-state index contributed by atoms with van der Waals surface area (Å²) in [6, 6.07) is 0. The van der Waals surface area contributed by atoms with Crippen LogP contribution in [0.15, 0.2) is 12.3 Å². The molecule has 0 heterocycles. The smallest absolute Gasteiger partial charge is 0.0851 e. The summed E-state index contributed by atoms with van der Waals surface area (Å²) in [5.41, 5.74) is 0. The van der Waals surface area contributed by atoms with Crippen molar-refractivity contribution in [1.29, 1.82) is 0 Å². The first-order valence-corrected chi connectivity index (χ1v) is 4.03. The van der Waals surface area contributed by atoms with Crippen molar-refractivity contribution in [3.8, 4) is 0 Å². The number of aliphatic hydroxyl groups excluding tert-OH is 1. The van der Waals surface area contributed by atoms with Crippen molar-refractivity contribution in [3.63, 3.8) is 0 Å². The first-order valence-electron chi connectivity index (χ1n) is 4.03. The Morgan fingerprint density at radius 2 is 2.10 bits per heavy atom. The predicted molar refractivity (Wildman–Crippen MR) is 45.1 cm³/mol. The molecule has 0 bridgehead atoms. The SMILES string of the molecule is C=C(O)CC[C@H](C)CCC. The molecule has 60 valence electrons. The Labute approximate surface area is 63.8 Å². The fourth-order valence-corrected chi connectivity index (χ4v) is 1.05. The van der Waals surface area contributed by atoms with Gasteiger partial charge in [0.1, 0.15) is 0 Å². The van der Waals surface area contributed by atoms with Crippen LogP contribution in [0.25, 0.3) is 0 Å². The number of rotatable bonds is 5. The van der Waals surface area contributed by atoms with Crippen LogP contribution in [0.3, 0.4) is 0 Å².